The average molecular weight is 270 g/mol. The molecule has 1 N–H and O–H groups in total. The van der Waals surface area contributed by atoms with Crippen LogP contribution in [-0.2, 0) is 0 Å². The minimum absolute atomic E-state index is 0. The summed E-state index contributed by atoms with van der Waals surface area (Å²) in [6, 6.07) is 8.71. The Balaban J connectivity index is -0.0000000650. The number of aromatic hydroxyl groups is 1. The molecule has 8 heteroatoms. The van der Waals surface area contributed by atoms with Crippen LogP contribution in [0.3, 0.4) is 0 Å². The molecule has 1 aromatic rings. The Bertz CT molecular complexity index is 185. The first-order valence-corrected chi connectivity index (χ1v) is 2.84. The van der Waals surface area contributed by atoms with Crippen molar-refractivity contribution in [2.75, 3.05) is 0 Å². The van der Waals surface area contributed by atoms with E-state index in [2.05, 4.69) is 0 Å². The van der Waals surface area contributed by atoms with Crippen LogP contribution in [0.2, 0.25) is 0 Å². The van der Waals surface area contributed by atoms with Gasteiger partial charge in [-0.2, -0.15) is 0 Å². The minimum atomic E-state index is -2.92. The fourth-order valence-electron chi connectivity index (χ4n) is 0.428. The second-order valence-corrected chi connectivity index (χ2v) is 1.62. The van der Waals surface area contributed by atoms with Crippen molar-refractivity contribution in [2.45, 2.75) is 0 Å². The van der Waals surface area contributed by atoms with Gasteiger partial charge in [-0.25, -0.2) is 0 Å². The Hall–Kier alpha value is 3.87. The number of hydrogen-bond donors (Lipinski definition) is 1. The quantitative estimate of drug-likeness (QED) is 0.474. The van der Waals surface area contributed by atoms with Crippen molar-refractivity contribution in [3.05, 3.63) is 30.3 Å². The first kappa shape index (κ1) is 26.4. The molecule has 0 aromatic heterocycles. The maximum absolute atomic E-state index is 8.63. The molecule has 0 unspecified atom stereocenters. The maximum atomic E-state index is 8.63. The number of rotatable bonds is 0. The fraction of sp³-hybridized carbons (Fsp3) is 0. The minimum Gasteiger partial charge on any atom is -0.907 e. The number of phenolic OH excluding ortho intramolecular Hbond substituents is 1. The number of hydrogen-bond acceptors (Lipinski definition) is 4. The van der Waals surface area contributed by atoms with Gasteiger partial charge in [-0.3, -0.25) is 7.32 Å². The molecule has 0 aliphatic rings. The summed E-state index contributed by atoms with van der Waals surface area (Å²) in [4.78, 5) is 0. The summed E-state index contributed by atoms with van der Waals surface area (Å²) in [7, 11) is -2.92. The van der Waals surface area contributed by atoms with Crippen LogP contribution < -0.4 is 169 Å². The third-order valence-electron chi connectivity index (χ3n) is 0.756. The predicted octanol–water partition coefficient (Wildman–Crippen LogP) is -11.5. The van der Waals surface area contributed by atoms with E-state index < -0.39 is 7.32 Å². The Labute approximate surface area is 211 Å². The Morgan fingerprint density at radius 2 is 1.14 bits per heavy atom. The van der Waals surface area contributed by atoms with Crippen LogP contribution in [0.15, 0.2) is 30.3 Å². The molecule has 0 fully saturated rings. The van der Waals surface area contributed by atoms with Crippen LogP contribution in [0, 0.1) is 0 Å². The van der Waals surface area contributed by atoms with Gasteiger partial charge in [0, 0.05) is 0 Å². The van der Waals surface area contributed by atoms with Gasteiger partial charge in [-0.15, -0.1) is 0 Å². The van der Waals surface area contributed by atoms with Gasteiger partial charge in [-0.1, -0.05) is 18.2 Å². The van der Waals surface area contributed by atoms with Crippen LogP contribution in [0.5, 0.6) is 5.75 Å². The normalized spacial score (nSPS) is 6.21. The molecular weight excluding hydrogens is 264 g/mol. The summed E-state index contributed by atoms with van der Waals surface area (Å²) in [6.07, 6.45) is 0. The first-order chi connectivity index (χ1) is 5.13. The third kappa shape index (κ3) is 24.9. The van der Waals surface area contributed by atoms with Crippen molar-refractivity contribution < 1.29 is 174 Å². The van der Waals surface area contributed by atoms with Crippen molar-refractivity contribution in [1.82, 2.24) is 0 Å². The van der Waals surface area contributed by atoms with Crippen molar-refractivity contribution >= 4 is 7.32 Å². The molecule has 0 aliphatic heterocycles. The summed E-state index contributed by atoms with van der Waals surface area (Å²) in [6.45, 7) is 0. The van der Waals surface area contributed by atoms with Gasteiger partial charge < -0.3 is 20.2 Å². The molecule has 0 bridgehead atoms. The van der Waals surface area contributed by atoms with E-state index in [-0.39, 0.29) is 154 Å². The number of benzene rings is 1. The van der Waals surface area contributed by atoms with Gasteiger partial charge in [0.1, 0.15) is 5.75 Å². The van der Waals surface area contributed by atoms with Gasteiger partial charge in [0.25, 0.3) is 0 Å². The van der Waals surface area contributed by atoms with E-state index in [1.165, 1.54) is 0 Å². The molecule has 0 atom stereocenters. The van der Waals surface area contributed by atoms with E-state index in [4.69, 9.17) is 20.2 Å². The molecule has 60 valence electrons. The van der Waals surface area contributed by atoms with E-state index in [1.54, 1.807) is 24.3 Å². The maximum Gasteiger partial charge on any atom is 1.00 e. The van der Waals surface area contributed by atoms with E-state index in [1.807, 2.05) is 6.07 Å². The molecule has 0 saturated heterocycles. The smallest absolute Gasteiger partial charge is 0.907 e. The van der Waals surface area contributed by atoms with Crippen molar-refractivity contribution in [3.63, 3.8) is 0 Å². The van der Waals surface area contributed by atoms with Crippen LogP contribution in [0.1, 0.15) is 0 Å². The molecule has 0 saturated carbocycles. The van der Waals surface area contributed by atoms with Gasteiger partial charge >= 0.3 is 154 Å². The molecule has 0 amide bonds. The monoisotopic (exact) mass is 270 g/mol. The topological polar surface area (TPSA) is 89.4 Å². The number of para-hydroxylation sites is 1. The van der Waals surface area contributed by atoms with E-state index in [9.17, 15) is 0 Å². The van der Waals surface area contributed by atoms with E-state index in [0.29, 0.717) is 5.75 Å². The Morgan fingerprint density at radius 1 is 0.857 bits per heavy atom. The zero-order chi connectivity index (χ0) is 8.69. The first-order valence-electron chi connectivity index (χ1n) is 2.84. The zero-order valence-electron chi connectivity index (χ0n) is 8.64. The van der Waals surface area contributed by atoms with Crippen LogP contribution >= 0.6 is 0 Å². The van der Waals surface area contributed by atoms with Crippen LogP contribution in [0.25, 0.3) is 0 Å². The third-order valence-corrected chi connectivity index (χ3v) is 0.756. The van der Waals surface area contributed by atoms with Crippen LogP contribution in [-0.4, -0.2) is 12.4 Å². The van der Waals surface area contributed by atoms with Crippen molar-refractivity contribution in [1.29, 1.82) is 0 Å². The predicted molar refractivity (Wildman–Crippen MR) is 33.9 cm³/mol. The fourth-order valence-corrected chi connectivity index (χ4v) is 0.428. The molecule has 14 heavy (non-hydrogen) atoms. The molecule has 0 heterocycles. The Morgan fingerprint density at radius 3 is 1.29 bits per heavy atom. The van der Waals surface area contributed by atoms with Crippen molar-refractivity contribution in [3.8, 4) is 5.75 Å². The average Bonchev–Trinajstić information content (AvgIpc) is 1.87. The molecule has 0 aliphatic carbocycles. The summed E-state index contributed by atoms with van der Waals surface area (Å²) < 4.78 is 0. The molecule has 4 nitrogen and oxygen atoms in total. The largest absolute Gasteiger partial charge is 1.00 e. The molecule has 1 aromatic carbocycles. The molecule has 0 radical (unpaired) electrons. The summed E-state index contributed by atoms with van der Waals surface area (Å²) in [5.41, 5.74) is 0. The second kappa shape index (κ2) is 19.2. The zero-order valence-corrected chi connectivity index (χ0v) is 18.0. The van der Waals surface area contributed by atoms with Gasteiger partial charge in [0.2, 0.25) is 0 Å². The number of phenols is 1. The summed E-state index contributed by atoms with van der Waals surface area (Å²) >= 11 is 0. The van der Waals surface area contributed by atoms with E-state index >= 15 is 0 Å². The second-order valence-electron chi connectivity index (χ2n) is 1.62. The van der Waals surface area contributed by atoms with Gasteiger partial charge in [-0.05, 0) is 12.1 Å². The van der Waals surface area contributed by atoms with Crippen molar-refractivity contribution in [2.24, 2.45) is 0 Å². The SMILES string of the molecule is Oc1ccccc1.[K+].[K+].[K+].[O-]B([O-])[O-]. The van der Waals surface area contributed by atoms with E-state index in [0.717, 1.165) is 0 Å². The molecule has 1 rings (SSSR count). The molecular formula is C6H6BK3O4. The molecule has 0 spiro atoms. The summed E-state index contributed by atoms with van der Waals surface area (Å²) in [5, 5.41) is 33.9. The Kier molecular flexibility index (Phi) is 36.3. The van der Waals surface area contributed by atoms with Gasteiger partial charge in [0.15, 0.2) is 0 Å². The summed E-state index contributed by atoms with van der Waals surface area (Å²) in [5.74, 6) is 0.322. The van der Waals surface area contributed by atoms with Gasteiger partial charge in [0.05, 0.1) is 0 Å². The van der Waals surface area contributed by atoms with Crippen LogP contribution in [0.4, 0.5) is 0 Å². The standard InChI is InChI=1S/C6H6O.BO3.3K/c7-6-4-2-1-3-5-6;2-1(3)4;;;/h1-5,7H;;;;/q;-3;3*+1.